The highest BCUT2D eigenvalue weighted by Gasteiger charge is 2.34. The molecule has 0 atom stereocenters. The molecule has 2 rings (SSSR count). The van der Waals surface area contributed by atoms with Gasteiger partial charge in [0.15, 0.2) is 5.76 Å². The van der Waals surface area contributed by atoms with Crippen molar-refractivity contribution in [2.45, 2.75) is 20.8 Å². The van der Waals surface area contributed by atoms with E-state index in [1.165, 1.54) is 7.11 Å². The smallest absolute Gasteiger partial charge is 0.230 e. The third-order valence-corrected chi connectivity index (χ3v) is 3.05. The SMILES string of the molecule is COC1=C(C)C(=O)c2[nH]c(C)c(C)c2C1=O. The van der Waals surface area contributed by atoms with Gasteiger partial charge in [-0.25, -0.2) is 0 Å². The van der Waals surface area contributed by atoms with Crippen LogP contribution in [0.2, 0.25) is 0 Å². The molecule has 84 valence electrons. The van der Waals surface area contributed by atoms with Crippen molar-refractivity contribution in [3.8, 4) is 0 Å². The Bertz CT molecular complexity index is 535. The molecule has 0 spiro atoms. The fourth-order valence-electron chi connectivity index (χ4n) is 1.99. The summed E-state index contributed by atoms with van der Waals surface area (Å²) in [7, 11) is 1.41. The molecule has 0 amide bonds. The zero-order valence-electron chi connectivity index (χ0n) is 9.72. The first-order chi connectivity index (χ1) is 7.49. The highest BCUT2D eigenvalue weighted by Crippen LogP contribution is 2.29. The van der Waals surface area contributed by atoms with Crippen molar-refractivity contribution in [3.05, 3.63) is 33.8 Å². The predicted octanol–water partition coefficient (Wildman–Crippen LogP) is 1.93. The highest BCUT2D eigenvalue weighted by molar-refractivity contribution is 6.26. The maximum absolute atomic E-state index is 12.1. The molecule has 16 heavy (non-hydrogen) atoms. The number of ether oxygens (including phenoxy) is 1. The number of H-pyrrole nitrogens is 1. The fraction of sp³-hybridized carbons (Fsp3) is 0.333. The van der Waals surface area contributed by atoms with Crippen LogP contribution in [-0.4, -0.2) is 23.7 Å². The lowest BCUT2D eigenvalue weighted by atomic mass is 9.92. The number of fused-ring (bicyclic) bond motifs is 1. The van der Waals surface area contributed by atoms with E-state index in [1.807, 2.05) is 13.8 Å². The second kappa shape index (κ2) is 3.33. The molecule has 4 heteroatoms. The molecule has 0 saturated carbocycles. The number of allylic oxidation sites excluding steroid dienone is 2. The Morgan fingerprint density at radius 1 is 1.06 bits per heavy atom. The molecule has 1 heterocycles. The molecule has 1 aromatic heterocycles. The van der Waals surface area contributed by atoms with E-state index in [4.69, 9.17) is 4.74 Å². The highest BCUT2D eigenvalue weighted by atomic mass is 16.5. The normalized spacial score (nSPS) is 15.5. The van der Waals surface area contributed by atoms with Gasteiger partial charge in [-0.3, -0.25) is 9.59 Å². The molecule has 1 aromatic rings. The van der Waals surface area contributed by atoms with Gasteiger partial charge >= 0.3 is 0 Å². The van der Waals surface area contributed by atoms with Gasteiger partial charge in [0.1, 0.15) is 0 Å². The van der Waals surface area contributed by atoms with Crippen molar-refractivity contribution in [3.63, 3.8) is 0 Å². The van der Waals surface area contributed by atoms with E-state index in [-0.39, 0.29) is 17.3 Å². The van der Waals surface area contributed by atoms with Gasteiger partial charge in [-0.1, -0.05) is 0 Å². The van der Waals surface area contributed by atoms with E-state index in [0.717, 1.165) is 11.3 Å². The fourth-order valence-corrected chi connectivity index (χ4v) is 1.99. The summed E-state index contributed by atoms with van der Waals surface area (Å²) in [6.45, 7) is 5.27. The van der Waals surface area contributed by atoms with Crippen LogP contribution in [0.3, 0.4) is 0 Å². The van der Waals surface area contributed by atoms with Crippen molar-refractivity contribution in [1.29, 1.82) is 0 Å². The minimum Gasteiger partial charge on any atom is -0.492 e. The Kier molecular flexibility index (Phi) is 2.22. The maximum Gasteiger partial charge on any atom is 0.230 e. The third-order valence-electron chi connectivity index (χ3n) is 3.05. The van der Waals surface area contributed by atoms with Gasteiger partial charge in [0, 0.05) is 11.3 Å². The van der Waals surface area contributed by atoms with Crippen LogP contribution >= 0.6 is 0 Å². The van der Waals surface area contributed by atoms with Crippen molar-refractivity contribution < 1.29 is 14.3 Å². The number of hydrogen-bond donors (Lipinski definition) is 1. The Morgan fingerprint density at radius 2 is 1.69 bits per heavy atom. The number of aromatic nitrogens is 1. The molecule has 0 unspecified atom stereocenters. The number of hydrogen-bond acceptors (Lipinski definition) is 3. The lowest BCUT2D eigenvalue weighted by Crippen LogP contribution is -2.21. The monoisotopic (exact) mass is 219 g/mol. The van der Waals surface area contributed by atoms with Gasteiger partial charge in [0.2, 0.25) is 11.6 Å². The Balaban J connectivity index is 2.74. The summed E-state index contributed by atoms with van der Waals surface area (Å²) in [6, 6.07) is 0. The van der Waals surface area contributed by atoms with Crippen LogP contribution in [0.4, 0.5) is 0 Å². The zero-order valence-corrected chi connectivity index (χ0v) is 9.72. The second-order valence-electron chi connectivity index (χ2n) is 3.94. The van der Waals surface area contributed by atoms with Gasteiger partial charge in [-0.05, 0) is 26.3 Å². The summed E-state index contributed by atoms with van der Waals surface area (Å²) in [5, 5.41) is 0. The van der Waals surface area contributed by atoms with Crippen molar-refractivity contribution in [2.75, 3.05) is 7.11 Å². The molecule has 0 fully saturated rings. The molecule has 4 nitrogen and oxygen atoms in total. The number of ketones is 2. The zero-order chi connectivity index (χ0) is 12.0. The topological polar surface area (TPSA) is 59.2 Å². The van der Waals surface area contributed by atoms with Crippen LogP contribution < -0.4 is 0 Å². The number of carbonyl (C=O) groups excluding carboxylic acids is 2. The molecule has 1 N–H and O–H groups in total. The average Bonchev–Trinajstić information content (AvgIpc) is 2.54. The van der Waals surface area contributed by atoms with Gasteiger partial charge in [-0.15, -0.1) is 0 Å². The van der Waals surface area contributed by atoms with E-state index in [2.05, 4.69) is 4.98 Å². The van der Waals surface area contributed by atoms with E-state index < -0.39 is 0 Å². The standard InChI is InChI=1S/C12H13NO3/c1-5-7(3)13-9-8(5)11(15)12(16-4)6(2)10(9)14/h13H,1-4H3. The summed E-state index contributed by atoms with van der Waals surface area (Å²) < 4.78 is 5.00. The van der Waals surface area contributed by atoms with E-state index >= 15 is 0 Å². The van der Waals surface area contributed by atoms with Gasteiger partial charge in [0.25, 0.3) is 0 Å². The van der Waals surface area contributed by atoms with Crippen molar-refractivity contribution >= 4 is 11.6 Å². The van der Waals surface area contributed by atoms with Crippen LogP contribution in [-0.2, 0) is 4.74 Å². The van der Waals surface area contributed by atoms with Gasteiger partial charge < -0.3 is 9.72 Å². The van der Waals surface area contributed by atoms with Crippen LogP contribution in [0.15, 0.2) is 11.3 Å². The molecule has 0 saturated heterocycles. The Labute approximate surface area is 93.3 Å². The molecular formula is C12H13NO3. The molecule has 0 aromatic carbocycles. The number of aromatic amines is 1. The number of nitrogens with one attached hydrogen (secondary N) is 1. The summed E-state index contributed by atoms with van der Waals surface area (Å²) in [5.74, 6) is -0.223. The first-order valence-corrected chi connectivity index (χ1v) is 5.02. The van der Waals surface area contributed by atoms with Gasteiger partial charge in [0.05, 0.1) is 18.4 Å². The number of rotatable bonds is 1. The number of aryl methyl sites for hydroxylation is 1. The maximum atomic E-state index is 12.1. The van der Waals surface area contributed by atoms with Crippen LogP contribution in [0.5, 0.6) is 0 Å². The van der Waals surface area contributed by atoms with Crippen molar-refractivity contribution in [1.82, 2.24) is 4.98 Å². The minimum absolute atomic E-state index is 0.152. The molecule has 1 aliphatic carbocycles. The molecular weight excluding hydrogens is 206 g/mol. The van der Waals surface area contributed by atoms with E-state index in [1.54, 1.807) is 6.92 Å². The summed E-state index contributed by atoms with van der Waals surface area (Å²) in [6.07, 6.45) is 0. The second-order valence-corrected chi connectivity index (χ2v) is 3.94. The van der Waals surface area contributed by atoms with E-state index in [9.17, 15) is 9.59 Å². The first kappa shape index (κ1) is 10.7. The quantitative estimate of drug-likeness (QED) is 0.785. The Hall–Kier alpha value is -1.84. The Morgan fingerprint density at radius 3 is 2.25 bits per heavy atom. The number of methoxy groups -OCH3 is 1. The lowest BCUT2D eigenvalue weighted by molar-refractivity contribution is 0.0904. The van der Waals surface area contributed by atoms with E-state index in [0.29, 0.717) is 16.8 Å². The van der Waals surface area contributed by atoms with Crippen LogP contribution in [0.25, 0.3) is 0 Å². The summed E-state index contributed by atoms with van der Waals surface area (Å²) in [4.78, 5) is 27.0. The summed E-state index contributed by atoms with van der Waals surface area (Å²) >= 11 is 0. The first-order valence-electron chi connectivity index (χ1n) is 5.02. The van der Waals surface area contributed by atoms with Crippen molar-refractivity contribution in [2.24, 2.45) is 0 Å². The molecule has 0 radical (unpaired) electrons. The molecule has 1 aliphatic rings. The number of carbonyl (C=O) groups is 2. The molecule has 0 bridgehead atoms. The average molecular weight is 219 g/mol. The predicted molar refractivity (Wildman–Crippen MR) is 58.6 cm³/mol. The third kappa shape index (κ3) is 1.16. The van der Waals surface area contributed by atoms with Crippen LogP contribution in [0, 0.1) is 13.8 Å². The lowest BCUT2D eigenvalue weighted by Gasteiger charge is -2.15. The molecule has 0 aliphatic heterocycles. The van der Waals surface area contributed by atoms with Crippen LogP contribution in [0.1, 0.15) is 39.0 Å². The minimum atomic E-state index is -0.212. The largest absolute Gasteiger partial charge is 0.492 e. The summed E-state index contributed by atoms with van der Waals surface area (Å²) in [5.41, 5.74) is 2.86. The van der Waals surface area contributed by atoms with Gasteiger partial charge in [-0.2, -0.15) is 0 Å². The number of Topliss-reactive ketones (excluding diaryl/α,β-unsaturated/α-hetero) is 2.